The van der Waals surface area contributed by atoms with Crippen molar-refractivity contribution in [1.82, 2.24) is 9.55 Å². The highest BCUT2D eigenvalue weighted by atomic mass is 32.2. The average Bonchev–Trinajstić information content (AvgIpc) is 3.34. The molecule has 0 aliphatic rings. The van der Waals surface area contributed by atoms with Gasteiger partial charge < -0.3 is 9.32 Å². The molecule has 0 radical (unpaired) electrons. The van der Waals surface area contributed by atoms with Crippen molar-refractivity contribution in [3.8, 4) is 6.07 Å². The molecule has 32 heavy (non-hydrogen) atoms. The number of aromatic nitrogens is 2. The second kappa shape index (κ2) is 9.98. The molecule has 8 heteroatoms. The summed E-state index contributed by atoms with van der Waals surface area (Å²) >= 11 is 1.20. The van der Waals surface area contributed by atoms with E-state index in [4.69, 9.17) is 9.68 Å². The molecule has 7 nitrogen and oxygen atoms in total. The minimum atomic E-state index is -0.189. The van der Waals surface area contributed by atoms with Gasteiger partial charge in [-0.15, -0.1) is 0 Å². The first-order valence-corrected chi connectivity index (χ1v) is 11.0. The maximum atomic E-state index is 13.2. The quantitative estimate of drug-likeness (QED) is 0.300. The lowest BCUT2D eigenvalue weighted by molar-refractivity contribution is -0.116. The number of para-hydroxylation sites is 2. The van der Waals surface area contributed by atoms with Crippen LogP contribution in [-0.4, -0.2) is 27.8 Å². The zero-order valence-corrected chi connectivity index (χ0v) is 18.0. The molecule has 0 fully saturated rings. The Bertz CT molecular complexity index is 1310. The number of carbonyl (C=O) groups is 1. The summed E-state index contributed by atoms with van der Waals surface area (Å²) in [7, 11) is 0. The van der Waals surface area contributed by atoms with Gasteiger partial charge in [-0.2, -0.15) is 5.26 Å². The second-order valence-corrected chi connectivity index (χ2v) is 7.90. The number of amides is 1. The summed E-state index contributed by atoms with van der Waals surface area (Å²) in [4.78, 5) is 32.4. The van der Waals surface area contributed by atoms with Crippen molar-refractivity contribution in [2.45, 2.75) is 18.1 Å². The molecule has 4 aromatic rings. The molecule has 0 saturated carbocycles. The summed E-state index contributed by atoms with van der Waals surface area (Å²) in [5.74, 6) is 0.532. The van der Waals surface area contributed by atoms with Crippen LogP contribution in [0.3, 0.4) is 0 Å². The van der Waals surface area contributed by atoms with E-state index in [1.54, 1.807) is 41.5 Å². The highest BCUT2D eigenvalue weighted by molar-refractivity contribution is 7.99. The van der Waals surface area contributed by atoms with Crippen LogP contribution in [0.1, 0.15) is 12.2 Å². The summed E-state index contributed by atoms with van der Waals surface area (Å²) in [5, 5.41) is 9.94. The number of nitrogens with zero attached hydrogens (tertiary/aromatic N) is 4. The number of carbonyl (C=O) groups excluding carboxylic acids is 1. The number of hydrogen-bond acceptors (Lipinski definition) is 6. The summed E-state index contributed by atoms with van der Waals surface area (Å²) in [6.07, 6.45) is 1.78. The Morgan fingerprint density at radius 2 is 1.88 bits per heavy atom. The molecule has 0 aliphatic carbocycles. The van der Waals surface area contributed by atoms with Crippen LogP contribution < -0.4 is 10.5 Å². The number of anilines is 1. The van der Waals surface area contributed by atoms with Crippen molar-refractivity contribution < 1.29 is 9.21 Å². The first-order chi connectivity index (χ1) is 15.7. The average molecular weight is 445 g/mol. The number of furan rings is 1. The van der Waals surface area contributed by atoms with E-state index in [0.717, 1.165) is 5.69 Å². The third-order valence-electron chi connectivity index (χ3n) is 4.86. The van der Waals surface area contributed by atoms with Crippen LogP contribution in [0, 0.1) is 11.3 Å². The molecule has 0 aliphatic heterocycles. The summed E-state index contributed by atoms with van der Waals surface area (Å²) in [6, 6.07) is 22.0. The Morgan fingerprint density at radius 1 is 1.09 bits per heavy atom. The molecule has 0 unspecified atom stereocenters. The Labute approximate surface area is 188 Å². The smallest absolute Gasteiger partial charge is 0.262 e. The Kier molecular flexibility index (Phi) is 6.68. The van der Waals surface area contributed by atoms with E-state index in [1.165, 1.54) is 16.3 Å². The van der Waals surface area contributed by atoms with Gasteiger partial charge in [0.15, 0.2) is 5.16 Å². The number of hydrogen-bond donors (Lipinski definition) is 0. The van der Waals surface area contributed by atoms with Crippen LogP contribution in [0.15, 0.2) is 87.4 Å². The first kappa shape index (κ1) is 21.4. The van der Waals surface area contributed by atoms with Gasteiger partial charge in [-0.3, -0.25) is 14.2 Å². The van der Waals surface area contributed by atoms with Crippen LogP contribution >= 0.6 is 11.8 Å². The number of thioether (sulfide) groups is 1. The van der Waals surface area contributed by atoms with E-state index in [2.05, 4.69) is 11.1 Å². The van der Waals surface area contributed by atoms with Gasteiger partial charge in [0.1, 0.15) is 5.76 Å². The van der Waals surface area contributed by atoms with Crippen molar-refractivity contribution in [2.75, 3.05) is 17.2 Å². The Balaban J connectivity index is 1.63. The van der Waals surface area contributed by atoms with E-state index in [1.807, 2.05) is 36.4 Å². The van der Waals surface area contributed by atoms with Gasteiger partial charge in [0.25, 0.3) is 5.56 Å². The van der Waals surface area contributed by atoms with Gasteiger partial charge in [0.05, 0.1) is 42.0 Å². The standard InChI is InChI=1S/C24H20N4O3S/c25-13-7-14-27(18-8-2-1-3-9-18)22(29)17-32-24-26-21-12-5-4-11-20(21)23(30)28(24)16-19-10-6-15-31-19/h1-6,8-12,15H,7,14,16-17H2. The van der Waals surface area contributed by atoms with Crippen LogP contribution in [-0.2, 0) is 11.3 Å². The molecule has 1 amide bonds. The minimum absolute atomic E-state index is 0.0727. The third kappa shape index (κ3) is 4.74. The number of fused-ring (bicyclic) bond motifs is 1. The minimum Gasteiger partial charge on any atom is -0.467 e. The number of nitriles is 1. The van der Waals surface area contributed by atoms with E-state index >= 15 is 0 Å². The van der Waals surface area contributed by atoms with E-state index in [9.17, 15) is 9.59 Å². The topological polar surface area (TPSA) is 92.1 Å². The van der Waals surface area contributed by atoms with Gasteiger partial charge >= 0.3 is 0 Å². The molecule has 2 heterocycles. The van der Waals surface area contributed by atoms with Crippen molar-refractivity contribution in [3.05, 3.63) is 89.1 Å². The molecule has 160 valence electrons. The van der Waals surface area contributed by atoms with Gasteiger partial charge in [-0.05, 0) is 36.4 Å². The number of rotatable bonds is 8. The molecular formula is C24H20N4O3S. The second-order valence-electron chi connectivity index (χ2n) is 6.96. The maximum absolute atomic E-state index is 13.2. The van der Waals surface area contributed by atoms with Crippen LogP contribution in [0.4, 0.5) is 5.69 Å². The molecule has 0 bridgehead atoms. The normalized spacial score (nSPS) is 10.7. The predicted octanol–water partition coefficient (Wildman–Crippen LogP) is 4.08. The Hall–Kier alpha value is -3.83. The molecule has 0 spiro atoms. The predicted molar refractivity (Wildman–Crippen MR) is 124 cm³/mol. The SMILES string of the molecule is N#CCCN(C(=O)CSc1nc2ccccc2c(=O)n1Cc1ccco1)c1ccccc1. The highest BCUT2D eigenvalue weighted by Gasteiger charge is 2.19. The fourth-order valence-electron chi connectivity index (χ4n) is 3.33. The third-order valence-corrected chi connectivity index (χ3v) is 5.82. The zero-order valence-electron chi connectivity index (χ0n) is 17.2. The maximum Gasteiger partial charge on any atom is 0.262 e. The van der Waals surface area contributed by atoms with Crippen molar-refractivity contribution >= 4 is 34.3 Å². The van der Waals surface area contributed by atoms with Crippen LogP contribution in [0.25, 0.3) is 10.9 Å². The summed E-state index contributed by atoms with van der Waals surface area (Å²) < 4.78 is 6.95. The molecule has 0 N–H and O–H groups in total. The number of benzene rings is 2. The van der Waals surface area contributed by atoms with Crippen LogP contribution in [0.2, 0.25) is 0 Å². The van der Waals surface area contributed by atoms with E-state index in [0.29, 0.717) is 28.4 Å². The fourth-order valence-corrected chi connectivity index (χ4v) is 4.20. The molecule has 2 aromatic heterocycles. The summed E-state index contributed by atoms with van der Waals surface area (Å²) in [6.45, 7) is 0.515. The van der Waals surface area contributed by atoms with Crippen LogP contribution in [0.5, 0.6) is 0 Å². The molecular weight excluding hydrogens is 424 g/mol. The first-order valence-electron chi connectivity index (χ1n) is 10.0. The van der Waals surface area contributed by atoms with Gasteiger partial charge in [-0.25, -0.2) is 4.98 Å². The van der Waals surface area contributed by atoms with Gasteiger partial charge in [-0.1, -0.05) is 42.1 Å². The lowest BCUT2D eigenvalue weighted by atomic mass is 10.2. The molecule has 2 aromatic carbocycles. The Morgan fingerprint density at radius 3 is 2.62 bits per heavy atom. The molecule has 0 atom stereocenters. The highest BCUT2D eigenvalue weighted by Crippen LogP contribution is 2.22. The van der Waals surface area contributed by atoms with Crippen molar-refractivity contribution in [2.24, 2.45) is 0 Å². The fraction of sp³-hybridized carbons (Fsp3) is 0.167. The summed E-state index contributed by atoms with van der Waals surface area (Å²) in [5.41, 5.74) is 1.12. The lowest BCUT2D eigenvalue weighted by Gasteiger charge is -2.22. The van der Waals surface area contributed by atoms with Crippen molar-refractivity contribution in [3.63, 3.8) is 0 Å². The van der Waals surface area contributed by atoms with E-state index in [-0.39, 0.29) is 30.2 Å². The zero-order chi connectivity index (χ0) is 22.3. The largest absolute Gasteiger partial charge is 0.467 e. The monoisotopic (exact) mass is 444 g/mol. The molecule has 4 rings (SSSR count). The lowest BCUT2D eigenvalue weighted by Crippen LogP contribution is -2.33. The van der Waals surface area contributed by atoms with E-state index < -0.39 is 0 Å². The molecule has 0 saturated heterocycles. The van der Waals surface area contributed by atoms with Gasteiger partial charge in [0, 0.05) is 12.2 Å². The van der Waals surface area contributed by atoms with Gasteiger partial charge in [0.2, 0.25) is 5.91 Å². The van der Waals surface area contributed by atoms with Crippen molar-refractivity contribution in [1.29, 1.82) is 5.26 Å².